The van der Waals surface area contributed by atoms with Gasteiger partial charge in [0.1, 0.15) is 5.02 Å². The number of carbonyl (C=O) groups excluding carboxylic acids is 1. The van der Waals surface area contributed by atoms with Crippen molar-refractivity contribution in [1.29, 1.82) is 0 Å². The number of amides is 1. The van der Waals surface area contributed by atoms with Gasteiger partial charge in [0.25, 0.3) is 11.6 Å². The standard InChI is InChI=1S/C16H14ClN3O3S/c1-2-10-3-5-11(6-4-10)15(21)19-16(24)18-12-7-8-13(17)14(9-12)20(22)23/h3-9H,2H2,1H3,(H2,18,19,21,24). The van der Waals surface area contributed by atoms with Crippen molar-refractivity contribution in [3.05, 3.63) is 68.7 Å². The molecule has 0 bridgehead atoms. The third-order valence-electron chi connectivity index (χ3n) is 3.25. The summed E-state index contributed by atoms with van der Waals surface area (Å²) in [5.41, 5.74) is 1.71. The van der Waals surface area contributed by atoms with Crippen LogP contribution in [0.2, 0.25) is 5.02 Å². The topological polar surface area (TPSA) is 84.3 Å². The van der Waals surface area contributed by atoms with Crippen molar-refractivity contribution < 1.29 is 9.72 Å². The van der Waals surface area contributed by atoms with Gasteiger partial charge in [-0.25, -0.2) is 0 Å². The van der Waals surface area contributed by atoms with E-state index in [1.807, 2.05) is 19.1 Å². The summed E-state index contributed by atoms with van der Waals surface area (Å²) in [6.45, 7) is 2.03. The van der Waals surface area contributed by atoms with Gasteiger partial charge in [-0.1, -0.05) is 30.7 Å². The zero-order chi connectivity index (χ0) is 17.7. The molecule has 24 heavy (non-hydrogen) atoms. The molecule has 0 unspecified atom stereocenters. The summed E-state index contributed by atoms with van der Waals surface area (Å²) in [7, 11) is 0. The van der Waals surface area contributed by atoms with Crippen molar-refractivity contribution in [2.75, 3.05) is 5.32 Å². The third-order valence-corrected chi connectivity index (χ3v) is 3.78. The zero-order valence-electron chi connectivity index (χ0n) is 12.7. The molecule has 0 aliphatic rings. The molecule has 0 fully saturated rings. The second-order valence-electron chi connectivity index (χ2n) is 4.88. The summed E-state index contributed by atoms with van der Waals surface area (Å²) in [6.07, 6.45) is 0.886. The molecule has 2 aromatic rings. The van der Waals surface area contributed by atoms with Crippen LogP contribution in [-0.4, -0.2) is 15.9 Å². The summed E-state index contributed by atoms with van der Waals surface area (Å²) in [4.78, 5) is 22.4. The van der Waals surface area contributed by atoms with E-state index in [2.05, 4.69) is 10.6 Å². The minimum atomic E-state index is -0.593. The minimum Gasteiger partial charge on any atom is -0.332 e. The van der Waals surface area contributed by atoms with Crippen molar-refractivity contribution in [1.82, 2.24) is 5.32 Å². The van der Waals surface area contributed by atoms with E-state index in [0.717, 1.165) is 12.0 Å². The predicted molar refractivity (Wildman–Crippen MR) is 97.6 cm³/mol. The molecule has 124 valence electrons. The fourth-order valence-corrected chi connectivity index (χ4v) is 2.36. The molecule has 0 radical (unpaired) electrons. The lowest BCUT2D eigenvalue weighted by molar-refractivity contribution is -0.384. The molecule has 0 aromatic heterocycles. The molecular formula is C16H14ClN3O3S. The molecule has 2 aromatic carbocycles. The van der Waals surface area contributed by atoms with Gasteiger partial charge in [0, 0.05) is 17.3 Å². The number of nitrogens with zero attached hydrogens (tertiary/aromatic N) is 1. The molecular weight excluding hydrogens is 350 g/mol. The van der Waals surface area contributed by atoms with E-state index in [1.165, 1.54) is 18.2 Å². The number of halogens is 1. The number of hydrogen-bond donors (Lipinski definition) is 2. The van der Waals surface area contributed by atoms with E-state index in [1.54, 1.807) is 12.1 Å². The summed E-state index contributed by atoms with van der Waals surface area (Å²) >= 11 is 10.8. The minimum absolute atomic E-state index is 0.0246. The van der Waals surface area contributed by atoms with Gasteiger partial charge in [0.15, 0.2) is 5.11 Å². The summed E-state index contributed by atoms with van der Waals surface area (Å²) in [6, 6.07) is 11.3. The second kappa shape index (κ2) is 7.85. The summed E-state index contributed by atoms with van der Waals surface area (Å²) in [5.74, 6) is -0.362. The van der Waals surface area contributed by atoms with Crippen LogP contribution in [0.4, 0.5) is 11.4 Å². The van der Waals surface area contributed by atoms with Gasteiger partial charge < -0.3 is 5.32 Å². The SMILES string of the molecule is CCc1ccc(C(=O)NC(=S)Nc2ccc(Cl)c([N+](=O)[O-])c2)cc1. The Morgan fingerprint density at radius 2 is 1.92 bits per heavy atom. The van der Waals surface area contributed by atoms with E-state index in [4.69, 9.17) is 23.8 Å². The molecule has 0 saturated carbocycles. The number of aryl methyl sites for hydroxylation is 1. The Bertz CT molecular complexity index is 794. The number of hydrogen-bond acceptors (Lipinski definition) is 4. The second-order valence-corrected chi connectivity index (χ2v) is 5.70. The van der Waals surface area contributed by atoms with Crippen LogP contribution in [-0.2, 0) is 6.42 Å². The van der Waals surface area contributed by atoms with Crippen LogP contribution in [0.1, 0.15) is 22.8 Å². The maximum absolute atomic E-state index is 12.1. The van der Waals surface area contributed by atoms with Crippen LogP contribution in [0, 0.1) is 10.1 Å². The number of nitro benzene ring substituents is 1. The maximum Gasteiger partial charge on any atom is 0.289 e. The van der Waals surface area contributed by atoms with Crippen LogP contribution in [0.5, 0.6) is 0 Å². The number of benzene rings is 2. The van der Waals surface area contributed by atoms with E-state index in [-0.39, 0.29) is 21.7 Å². The highest BCUT2D eigenvalue weighted by molar-refractivity contribution is 7.80. The van der Waals surface area contributed by atoms with E-state index in [9.17, 15) is 14.9 Å². The van der Waals surface area contributed by atoms with Gasteiger partial charge in [0.2, 0.25) is 0 Å². The lowest BCUT2D eigenvalue weighted by Gasteiger charge is -2.10. The smallest absolute Gasteiger partial charge is 0.289 e. The summed E-state index contributed by atoms with van der Waals surface area (Å²) in [5, 5.41) is 16.2. The highest BCUT2D eigenvalue weighted by Crippen LogP contribution is 2.27. The molecule has 2 rings (SSSR count). The first-order valence-electron chi connectivity index (χ1n) is 7.06. The number of nitrogens with one attached hydrogen (secondary N) is 2. The average molecular weight is 364 g/mol. The fourth-order valence-electron chi connectivity index (χ4n) is 1.96. The van der Waals surface area contributed by atoms with E-state index >= 15 is 0 Å². The Morgan fingerprint density at radius 1 is 1.25 bits per heavy atom. The summed E-state index contributed by atoms with van der Waals surface area (Å²) < 4.78 is 0. The Balaban J connectivity index is 2.03. The normalized spacial score (nSPS) is 10.1. The quantitative estimate of drug-likeness (QED) is 0.488. The Labute approximate surface area is 149 Å². The monoisotopic (exact) mass is 363 g/mol. The number of anilines is 1. The van der Waals surface area contributed by atoms with Crippen LogP contribution in [0.15, 0.2) is 42.5 Å². The van der Waals surface area contributed by atoms with Crippen LogP contribution >= 0.6 is 23.8 Å². The molecule has 0 saturated heterocycles. The maximum atomic E-state index is 12.1. The molecule has 0 aliphatic carbocycles. The highest BCUT2D eigenvalue weighted by Gasteiger charge is 2.14. The molecule has 0 spiro atoms. The van der Waals surface area contributed by atoms with Crippen LogP contribution < -0.4 is 10.6 Å². The van der Waals surface area contributed by atoms with Gasteiger partial charge in [-0.05, 0) is 48.5 Å². The molecule has 6 nitrogen and oxygen atoms in total. The van der Waals surface area contributed by atoms with Gasteiger partial charge in [-0.2, -0.15) is 0 Å². The average Bonchev–Trinajstić information content (AvgIpc) is 2.56. The Kier molecular flexibility index (Phi) is 5.83. The predicted octanol–water partition coefficient (Wildman–Crippen LogP) is 3.94. The molecule has 0 atom stereocenters. The van der Waals surface area contributed by atoms with Crippen molar-refractivity contribution in [3.8, 4) is 0 Å². The van der Waals surface area contributed by atoms with E-state index < -0.39 is 4.92 Å². The van der Waals surface area contributed by atoms with Gasteiger partial charge in [0.05, 0.1) is 4.92 Å². The first kappa shape index (κ1) is 17.8. The molecule has 1 amide bonds. The first-order chi connectivity index (χ1) is 11.4. The molecule has 0 heterocycles. The number of thiocarbonyl (C=S) groups is 1. The Morgan fingerprint density at radius 3 is 2.50 bits per heavy atom. The lowest BCUT2D eigenvalue weighted by atomic mass is 10.1. The van der Waals surface area contributed by atoms with Crippen molar-refractivity contribution in [3.63, 3.8) is 0 Å². The number of rotatable bonds is 4. The zero-order valence-corrected chi connectivity index (χ0v) is 14.3. The molecule has 2 N–H and O–H groups in total. The van der Waals surface area contributed by atoms with Crippen molar-refractivity contribution in [2.45, 2.75) is 13.3 Å². The molecule has 0 aliphatic heterocycles. The third kappa shape index (κ3) is 4.50. The van der Waals surface area contributed by atoms with Crippen LogP contribution in [0.3, 0.4) is 0 Å². The van der Waals surface area contributed by atoms with Gasteiger partial charge >= 0.3 is 0 Å². The number of nitro groups is 1. The highest BCUT2D eigenvalue weighted by atomic mass is 35.5. The number of carbonyl (C=O) groups is 1. The van der Waals surface area contributed by atoms with Crippen molar-refractivity contribution in [2.24, 2.45) is 0 Å². The van der Waals surface area contributed by atoms with E-state index in [0.29, 0.717) is 11.3 Å². The largest absolute Gasteiger partial charge is 0.332 e. The lowest BCUT2D eigenvalue weighted by Crippen LogP contribution is -2.34. The van der Waals surface area contributed by atoms with Crippen molar-refractivity contribution >= 4 is 46.2 Å². The molecule has 8 heteroatoms. The fraction of sp³-hybridized carbons (Fsp3) is 0.125. The van der Waals surface area contributed by atoms with Gasteiger partial charge in [-0.15, -0.1) is 0 Å². The first-order valence-corrected chi connectivity index (χ1v) is 7.84. The van der Waals surface area contributed by atoms with Gasteiger partial charge in [-0.3, -0.25) is 20.2 Å². The van der Waals surface area contributed by atoms with Crippen LogP contribution in [0.25, 0.3) is 0 Å². The Hall–Kier alpha value is -2.51.